The summed E-state index contributed by atoms with van der Waals surface area (Å²) in [6.45, 7) is 12.3. The van der Waals surface area contributed by atoms with Crippen molar-refractivity contribution in [1.29, 1.82) is 0 Å². The van der Waals surface area contributed by atoms with Crippen LogP contribution in [0.15, 0.2) is 24.4 Å². The Morgan fingerprint density at radius 3 is 2.50 bits per heavy atom. The van der Waals surface area contributed by atoms with Crippen LogP contribution in [0.25, 0.3) is 10.8 Å². The molecule has 1 N–H and O–H groups in total. The molecule has 6 rings (SSSR count). The number of hydrogen-bond donors (Lipinski definition) is 1. The molecule has 4 heterocycles. The second-order valence-corrected chi connectivity index (χ2v) is 12.8. The van der Waals surface area contributed by atoms with Crippen molar-refractivity contribution in [2.75, 3.05) is 44.8 Å². The summed E-state index contributed by atoms with van der Waals surface area (Å²) in [4.78, 5) is 20.1. The Morgan fingerprint density at radius 1 is 1.06 bits per heavy atom. The van der Waals surface area contributed by atoms with E-state index in [1.165, 1.54) is 5.56 Å². The molecule has 194 valence electrons. The van der Waals surface area contributed by atoms with Gasteiger partial charge in [-0.25, -0.2) is 4.98 Å². The minimum Gasteiger partial charge on any atom is -0.381 e. The molecule has 1 aromatic carbocycles. The van der Waals surface area contributed by atoms with Crippen molar-refractivity contribution < 1.29 is 14.3 Å². The molecule has 1 aromatic heterocycles. The zero-order chi connectivity index (χ0) is 25.1. The smallest absolute Gasteiger partial charge is 0.229 e. The number of anilines is 1. The van der Waals surface area contributed by atoms with E-state index in [9.17, 15) is 4.79 Å². The number of piperidine rings is 1. The van der Waals surface area contributed by atoms with Gasteiger partial charge in [0.05, 0.1) is 13.2 Å². The summed E-state index contributed by atoms with van der Waals surface area (Å²) in [6.07, 6.45) is 6.93. The molecule has 3 saturated heterocycles. The lowest BCUT2D eigenvalue weighted by atomic mass is 9.73. The highest BCUT2D eigenvalue weighted by Gasteiger charge is 2.58. The molecule has 1 aliphatic carbocycles. The highest BCUT2D eigenvalue weighted by atomic mass is 35.5. The summed E-state index contributed by atoms with van der Waals surface area (Å²) in [5.41, 5.74) is 1.60. The zero-order valence-electron chi connectivity index (χ0n) is 21.7. The van der Waals surface area contributed by atoms with Gasteiger partial charge in [-0.15, -0.1) is 0 Å². The molecule has 2 atom stereocenters. The molecular formula is C29H38ClN3O3. The van der Waals surface area contributed by atoms with Crippen molar-refractivity contribution in [3.63, 3.8) is 0 Å². The maximum atomic E-state index is 12.9. The molecule has 0 radical (unpaired) electrons. The van der Waals surface area contributed by atoms with Gasteiger partial charge >= 0.3 is 0 Å². The average Bonchev–Trinajstić information content (AvgIpc) is 3.48. The van der Waals surface area contributed by atoms with Gasteiger partial charge in [0.15, 0.2) is 0 Å². The largest absolute Gasteiger partial charge is 0.381 e. The summed E-state index contributed by atoms with van der Waals surface area (Å²) in [5, 5.41) is 5.99. The molecule has 2 unspecified atom stereocenters. The van der Waals surface area contributed by atoms with Gasteiger partial charge < -0.3 is 14.8 Å². The Balaban J connectivity index is 1.16. The lowest BCUT2D eigenvalue weighted by molar-refractivity contribution is -0.118. The van der Waals surface area contributed by atoms with Gasteiger partial charge in [-0.05, 0) is 92.6 Å². The van der Waals surface area contributed by atoms with E-state index in [1.807, 2.05) is 18.3 Å². The number of aromatic nitrogens is 1. The molecule has 4 fully saturated rings. The number of ether oxygens (including phenoxy) is 2. The Morgan fingerprint density at radius 2 is 1.81 bits per heavy atom. The molecule has 6 nitrogen and oxygen atoms in total. The van der Waals surface area contributed by atoms with Crippen LogP contribution >= 0.6 is 11.6 Å². The molecule has 2 aromatic rings. The molecule has 4 aliphatic rings. The topological polar surface area (TPSA) is 63.7 Å². The molecule has 7 heteroatoms. The summed E-state index contributed by atoms with van der Waals surface area (Å²) in [6, 6.07) is 6.25. The predicted molar refractivity (Wildman–Crippen MR) is 143 cm³/mol. The second kappa shape index (κ2) is 8.93. The van der Waals surface area contributed by atoms with Crippen LogP contribution < -0.4 is 5.32 Å². The second-order valence-electron chi connectivity index (χ2n) is 12.4. The standard InChI is InChI=1S/C29H38ClN3O3/c1-27(2)17-36-18-28(27,3)33-8-4-19(5-9-33)22-12-20-14-25(31-16-21(20)13-24(22)30)32-26(34)23-15-29(23)6-10-35-11-7-29/h12-14,16,19,23H,4-11,15,17-18H2,1-3H3,(H,31,32,34). The first kappa shape index (κ1) is 24.6. The fourth-order valence-electron chi connectivity index (χ4n) is 6.89. The number of rotatable bonds is 4. The van der Waals surface area contributed by atoms with Gasteiger partial charge in [0.1, 0.15) is 5.82 Å². The number of likely N-dealkylation sites (tertiary alicyclic amines) is 1. The summed E-state index contributed by atoms with van der Waals surface area (Å²) in [5.74, 6) is 1.24. The summed E-state index contributed by atoms with van der Waals surface area (Å²) < 4.78 is 11.4. The molecule has 0 bridgehead atoms. The van der Waals surface area contributed by atoms with Crippen molar-refractivity contribution in [2.45, 2.75) is 64.3 Å². The molecular weight excluding hydrogens is 474 g/mol. The highest BCUT2D eigenvalue weighted by Crippen LogP contribution is 2.59. The number of pyridine rings is 1. The van der Waals surface area contributed by atoms with Gasteiger partial charge in [-0.3, -0.25) is 9.69 Å². The Bertz CT molecular complexity index is 1170. The number of carbonyl (C=O) groups excluding carboxylic acids is 1. The molecule has 1 saturated carbocycles. The first-order chi connectivity index (χ1) is 17.2. The highest BCUT2D eigenvalue weighted by molar-refractivity contribution is 6.32. The SMILES string of the molecule is CC1(C)COCC1(C)N1CCC(c2cc3cc(NC(=O)C4CC45CCOCC5)ncc3cc2Cl)CC1. The third-order valence-electron chi connectivity index (χ3n) is 10.0. The van der Waals surface area contributed by atoms with Crippen molar-refractivity contribution in [1.82, 2.24) is 9.88 Å². The van der Waals surface area contributed by atoms with Crippen LogP contribution in [0, 0.1) is 16.7 Å². The number of fused-ring (bicyclic) bond motifs is 1. The maximum Gasteiger partial charge on any atom is 0.229 e. The zero-order valence-corrected chi connectivity index (χ0v) is 22.5. The van der Waals surface area contributed by atoms with Gasteiger partial charge in [0.25, 0.3) is 0 Å². The number of benzene rings is 1. The number of amides is 1. The fraction of sp³-hybridized carbons (Fsp3) is 0.655. The van der Waals surface area contributed by atoms with E-state index in [1.54, 1.807) is 0 Å². The van der Waals surface area contributed by atoms with Crippen LogP contribution in [-0.2, 0) is 14.3 Å². The maximum absolute atomic E-state index is 12.9. The van der Waals surface area contributed by atoms with E-state index >= 15 is 0 Å². The molecule has 1 spiro atoms. The van der Waals surface area contributed by atoms with E-state index < -0.39 is 0 Å². The monoisotopic (exact) mass is 511 g/mol. The summed E-state index contributed by atoms with van der Waals surface area (Å²) >= 11 is 6.79. The van der Waals surface area contributed by atoms with Crippen molar-refractivity contribution in [2.24, 2.45) is 16.7 Å². The molecule has 3 aliphatic heterocycles. The minimum absolute atomic E-state index is 0.0781. The Hall–Kier alpha value is -1.73. The third-order valence-corrected chi connectivity index (χ3v) is 10.3. The third kappa shape index (κ3) is 4.14. The minimum atomic E-state index is 0.0781. The van der Waals surface area contributed by atoms with E-state index in [0.29, 0.717) is 11.7 Å². The van der Waals surface area contributed by atoms with Crippen LogP contribution in [0.4, 0.5) is 5.82 Å². The van der Waals surface area contributed by atoms with Gasteiger partial charge in [0, 0.05) is 46.7 Å². The van der Waals surface area contributed by atoms with Crippen LogP contribution in [0.3, 0.4) is 0 Å². The number of halogens is 1. The van der Waals surface area contributed by atoms with Crippen molar-refractivity contribution in [3.05, 3.63) is 35.0 Å². The van der Waals surface area contributed by atoms with Crippen LogP contribution in [0.1, 0.15) is 64.4 Å². The van der Waals surface area contributed by atoms with Crippen molar-refractivity contribution >= 4 is 34.1 Å². The van der Waals surface area contributed by atoms with E-state index in [-0.39, 0.29) is 28.2 Å². The first-order valence-electron chi connectivity index (χ1n) is 13.5. The van der Waals surface area contributed by atoms with Gasteiger partial charge in [0.2, 0.25) is 5.91 Å². The normalized spacial score (nSPS) is 30.1. The lowest BCUT2D eigenvalue weighted by Gasteiger charge is -2.48. The fourth-order valence-corrected chi connectivity index (χ4v) is 7.21. The lowest BCUT2D eigenvalue weighted by Crippen LogP contribution is -2.57. The summed E-state index contributed by atoms with van der Waals surface area (Å²) in [7, 11) is 0. The number of hydrogen-bond acceptors (Lipinski definition) is 5. The quantitative estimate of drug-likeness (QED) is 0.575. The Kier molecular flexibility index (Phi) is 6.11. The Labute approximate surface area is 219 Å². The number of nitrogens with zero attached hydrogens (tertiary/aromatic N) is 2. The van der Waals surface area contributed by atoms with E-state index in [2.05, 4.69) is 42.0 Å². The van der Waals surface area contributed by atoms with Gasteiger partial charge in [-0.2, -0.15) is 0 Å². The van der Waals surface area contributed by atoms with Crippen molar-refractivity contribution in [3.8, 4) is 0 Å². The molecule has 1 amide bonds. The van der Waals surface area contributed by atoms with Gasteiger partial charge in [-0.1, -0.05) is 25.4 Å². The average molecular weight is 512 g/mol. The van der Waals surface area contributed by atoms with E-state index in [4.69, 9.17) is 21.1 Å². The van der Waals surface area contributed by atoms with E-state index in [0.717, 1.165) is 87.4 Å². The number of carbonyl (C=O) groups is 1. The first-order valence-corrected chi connectivity index (χ1v) is 13.9. The van der Waals surface area contributed by atoms with Crippen LogP contribution in [0.5, 0.6) is 0 Å². The van der Waals surface area contributed by atoms with Crippen LogP contribution in [0.2, 0.25) is 5.02 Å². The number of nitrogens with one attached hydrogen (secondary N) is 1. The predicted octanol–water partition coefficient (Wildman–Crippen LogP) is 5.64. The van der Waals surface area contributed by atoms with Crippen LogP contribution in [-0.4, -0.2) is 60.8 Å². The molecule has 36 heavy (non-hydrogen) atoms.